The van der Waals surface area contributed by atoms with Crippen molar-refractivity contribution in [2.24, 2.45) is 0 Å². The quantitative estimate of drug-likeness (QED) is 0.592. The number of hydrogen-bond donors (Lipinski definition) is 2. The van der Waals surface area contributed by atoms with Crippen molar-refractivity contribution in [3.63, 3.8) is 0 Å². The molecule has 2 fully saturated rings. The zero-order chi connectivity index (χ0) is 8.60. The Hall–Kier alpha value is -0.770. The van der Waals surface area contributed by atoms with Crippen LogP contribution < -0.4 is 10.6 Å². The number of hydrogen-bond acceptors (Lipinski definition) is 3. The van der Waals surface area contributed by atoms with Crippen molar-refractivity contribution >= 4 is 6.09 Å². The molecular weight excluding hydrogens is 156 g/mol. The fourth-order valence-electron chi connectivity index (χ4n) is 1.93. The summed E-state index contributed by atoms with van der Waals surface area (Å²) in [6.07, 6.45) is 2.00. The third-order valence-corrected chi connectivity index (χ3v) is 2.71. The summed E-state index contributed by atoms with van der Waals surface area (Å²) in [5, 5.41) is 6.03. The highest BCUT2D eigenvalue weighted by molar-refractivity contribution is 5.70. The lowest BCUT2D eigenvalue weighted by atomic mass is 9.95. The molecule has 2 saturated heterocycles. The zero-order valence-electron chi connectivity index (χ0n) is 7.22. The first-order valence-electron chi connectivity index (χ1n) is 4.41. The maximum atomic E-state index is 10.9. The van der Waals surface area contributed by atoms with Crippen LogP contribution in [0.25, 0.3) is 0 Å². The van der Waals surface area contributed by atoms with Crippen molar-refractivity contribution in [2.75, 3.05) is 13.1 Å². The van der Waals surface area contributed by atoms with E-state index in [0.29, 0.717) is 12.6 Å². The van der Waals surface area contributed by atoms with Crippen LogP contribution >= 0.6 is 0 Å². The molecule has 0 aliphatic carbocycles. The molecule has 4 heteroatoms. The van der Waals surface area contributed by atoms with E-state index in [-0.39, 0.29) is 11.7 Å². The van der Waals surface area contributed by atoms with Gasteiger partial charge in [-0.2, -0.15) is 0 Å². The van der Waals surface area contributed by atoms with Crippen molar-refractivity contribution in [1.82, 2.24) is 10.6 Å². The molecule has 0 spiro atoms. The molecule has 2 heterocycles. The predicted octanol–water partition coefficient (Wildman–Crippen LogP) is 0.237. The average molecular weight is 170 g/mol. The van der Waals surface area contributed by atoms with Gasteiger partial charge in [0.1, 0.15) is 5.60 Å². The van der Waals surface area contributed by atoms with Crippen LogP contribution in [-0.2, 0) is 4.74 Å². The average Bonchev–Trinajstić information content (AvgIpc) is 2.59. The molecule has 0 aromatic heterocycles. The van der Waals surface area contributed by atoms with Gasteiger partial charge in [0, 0.05) is 6.04 Å². The summed E-state index contributed by atoms with van der Waals surface area (Å²) in [5.41, 5.74) is -0.326. The minimum absolute atomic E-state index is 0.286. The summed E-state index contributed by atoms with van der Waals surface area (Å²) in [7, 11) is 0. The van der Waals surface area contributed by atoms with Gasteiger partial charge >= 0.3 is 6.09 Å². The minimum Gasteiger partial charge on any atom is -0.440 e. The van der Waals surface area contributed by atoms with Gasteiger partial charge in [-0.1, -0.05) is 0 Å². The number of carbonyl (C=O) groups excluding carboxylic acids is 1. The summed E-state index contributed by atoms with van der Waals surface area (Å²) >= 11 is 0. The van der Waals surface area contributed by atoms with Crippen molar-refractivity contribution in [2.45, 2.75) is 31.4 Å². The summed E-state index contributed by atoms with van der Waals surface area (Å²) in [6.45, 7) is 3.65. The van der Waals surface area contributed by atoms with E-state index in [2.05, 4.69) is 10.6 Å². The topological polar surface area (TPSA) is 50.4 Å². The molecule has 4 nitrogen and oxygen atoms in total. The lowest BCUT2D eigenvalue weighted by Crippen LogP contribution is -2.48. The normalized spacial score (nSPS) is 41.1. The molecule has 0 aromatic rings. The van der Waals surface area contributed by atoms with Gasteiger partial charge < -0.3 is 15.4 Å². The van der Waals surface area contributed by atoms with Crippen molar-refractivity contribution in [3.05, 3.63) is 0 Å². The monoisotopic (exact) mass is 170 g/mol. The molecule has 1 amide bonds. The van der Waals surface area contributed by atoms with Crippen LogP contribution in [0, 0.1) is 0 Å². The van der Waals surface area contributed by atoms with Crippen LogP contribution in [0.5, 0.6) is 0 Å². The largest absolute Gasteiger partial charge is 0.440 e. The maximum absolute atomic E-state index is 10.9. The molecule has 2 N–H and O–H groups in total. The van der Waals surface area contributed by atoms with Gasteiger partial charge in [-0.05, 0) is 26.3 Å². The van der Waals surface area contributed by atoms with Gasteiger partial charge in [0.25, 0.3) is 0 Å². The molecule has 2 aliphatic heterocycles. The number of amides is 1. The zero-order valence-corrected chi connectivity index (χ0v) is 7.22. The smallest absolute Gasteiger partial charge is 0.407 e. The highest BCUT2D eigenvalue weighted by atomic mass is 16.6. The van der Waals surface area contributed by atoms with Gasteiger partial charge in [0.05, 0.1) is 6.54 Å². The summed E-state index contributed by atoms with van der Waals surface area (Å²) in [6, 6.07) is 0.330. The fraction of sp³-hybridized carbons (Fsp3) is 0.875. The van der Waals surface area contributed by atoms with Gasteiger partial charge in [-0.15, -0.1) is 0 Å². The second kappa shape index (κ2) is 2.62. The number of alkyl carbamates (subject to hydrolysis) is 1. The van der Waals surface area contributed by atoms with E-state index in [1.54, 1.807) is 0 Å². The number of cyclic esters (lactones) is 1. The predicted molar refractivity (Wildman–Crippen MR) is 43.9 cm³/mol. The highest BCUT2D eigenvalue weighted by Gasteiger charge is 2.43. The Morgan fingerprint density at radius 3 is 3.00 bits per heavy atom. The van der Waals surface area contributed by atoms with E-state index in [0.717, 1.165) is 13.0 Å². The molecule has 2 aliphatic rings. The van der Waals surface area contributed by atoms with Crippen LogP contribution in [0.4, 0.5) is 4.79 Å². The first-order valence-corrected chi connectivity index (χ1v) is 4.41. The van der Waals surface area contributed by atoms with Gasteiger partial charge in [-0.25, -0.2) is 4.79 Å². The Morgan fingerprint density at radius 2 is 2.50 bits per heavy atom. The van der Waals surface area contributed by atoms with E-state index < -0.39 is 0 Å². The van der Waals surface area contributed by atoms with E-state index in [4.69, 9.17) is 4.74 Å². The van der Waals surface area contributed by atoms with Gasteiger partial charge in [0.15, 0.2) is 0 Å². The van der Waals surface area contributed by atoms with Crippen LogP contribution in [-0.4, -0.2) is 30.8 Å². The van der Waals surface area contributed by atoms with E-state index in [9.17, 15) is 4.79 Å². The van der Waals surface area contributed by atoms with Crippen LogP contribution in [0.1, 0.15) is 19.8 Å². The van der Waals surface area contributed by atoms with Crippen LogP contribution in [0.15, 0.2) is 0 Å². The Morgan fingerprint density at radius 1 is 1.67 bits per heavy atom. The number of carbonyl (C=O) groups is 1. The first kappa shape index (κ1) is 7.86. The lowest BCUT2D eigenvalue weighted by molar-refractivity contribution is 0.0447. The standard InChI is InChI=1S/C8H14N2O2/c1-8(5-10-7(11)12-8)6-3-2-4-9-6/h6,9H,2-5H2,1H3,(H,10,11). The molecule has 2 atom stereocenters. The first-order chi connectivity index (χ1) is 5.71. The third-order valence-electron chi connectivity index (χ3n) is 2.71. The van der Waals surface area contributed by atoms with E-state index >= 15 is 0 Å². The number of ether oxygens (including phenoxy) is 1. The molecule has 0 radical (unpaired) electrons. The molecule has 2 unspecified atom stereocenters. The molecule has 0 bridgehead atoms. The molecular formula is C8H14N2O2. The molecule has 68 valence electrons. The van der Waals surface area contributed by atoms with Crippen LogP contribution in [0.2, 0.25) is 0 Å². The number of rotatable bonds is 1. The minimum atomic E-state index is -0.326. The van der Waals surface area contributed by atoms with Gasteiger partial charge in [-0.3, -0.25) is 0 Å². The highest BCUT2D eigenvalue weighted by Crippen LogP contribution is 2.25. The van der Waals surface area contributed by atoms with Crippen molar-refractivity contribution in [1.29, 1.82) is 0 Å². The summed E-state index contributed by atoms with van der Waals surface area (Å²) in [5.74, 6) is 0. The fourth-order valence-corrected chi connectivity index (χ4v) is 1.93. The third kappa shape index (κ3) is 1.16. The summed E-state index contributed by atoms with van der Waals surface area (Å²) < 4.78 is 5.22. The molecule has 12 heavy (non-hydrogen) atoms. The van der Waals surface area contributed by atoms with E-state index in [1.165, 1.54) is 6.42 Å². The lowest BCUT2D eigenvalue weighted by Gasteiger charge is -2.28. The Labute approximate surface area is 71.7 Å². The molecule has 0 saturated carbocycles. The Bertz CT molecular complexity index is 201. The molecule has 0 aromatic carbocycles. The SMILES string of the molecule is CC1(C2CCCN2)CNC(=O)O1. The molecule has 2 rings (SSSR count). The summed E-state index contributed by atoms with van der Waals surface area (Å²) in [4.78, 5) is 10.9. The van der Waals surface area contributed by atoms with Crippen molar-refractivity contribution in [3.8, 4) is 0 Å². The second-order valence-corrected chi connectivity index (χ2v) is 3.70. The van der Waals surface area contributed by atoms with Crippen molar-refractivity contribution < 1.29 is 9.53 Å². The van der Waals surface area contributed by atoms with E-state index in [1.807, 2.05) is 6.92 Å². The maximum Gasteiger partial charge on any atom is 0.407 e. The van der Waals surface area contributed by atoms with Gasteiger partial charge in [0.2, 0.25) is 0 Å². The second-order valence-electron chi connectivity index (χ2n) is 3.70. The Kier molecular flexibility index (Phi) is 1.72. The van der Waals surface area contributed by atoms with Crippen LogP contribution in [0.3, 0.4) is 0 Å². The number of nitrogens with one attached hydrogen (secondary N) is 2. The Balaban J connectivity index is 2.05.